The summed E-state index contributed by atoms with van der Waals surface area (Å²) in [4.78, 5) is 63.2. The molecule has 392 valence electrons. The van der Waals surface area contributed by atoms with Crippen molar-refractivity contribution in [3.05, 3.63) is 89.5 Å². The van der Waals surface area contributed by atoms with Crippen molar-refractivity contribution in [2.45, 2.75) is 71.5 Å². The standard InChI is InChI=1S/C52H79N9O10/c1-37(2)47(54-51(65)57(5)20-22-59-24-28-69-29-25-59)49(63)53-43(32-39-12-10-9-11-13-39)44(62)35-61(34-40-14-17-42(18-15-40)71-36-41-16-19-45(67-7)46(33-41)68-8)56-50(64)48(38(3)4)55-52(66)58(6)21-23-60-26-30-70-31-27-60/h9-19,33,37-38,43-44,47-48,62H,20-32,34-36H2,1-8H3,(H,53,63)(H,54,65)(H,55,66)(H,56,64)/t43-,44-,47-,48-/m0/s1. The van der Waals surface area contributed by atoms with Crippen molar-refractivity contribution < 1.29 is 48.0 Å². The fraction of sp³-hybridized carbons (Fsp3) is 0.577. The lowest BCUT2D eigenvalue weighted by Gasteiger charge is -2.34. The number of likely N-dealkylation sites (N-methyl/N-ethyl adjacent to an activating group) is 2. The molecule has 0 bridgehead atoms. The summed E-state index contributed by atoms with van der Waals surface area (Å²) in [7, 11) is 6.57. The van der Waals surface area contributed by atoms with Crippen molar-refractivity contribution in [3.63, 3.8) is 0 Å². The van der Waals surface area contributed by atoms with E-state index in [4.69, 9.17) is 23.7 Å². The van der Waals surface area contributed by atoms with E-state index < -0.39 is 36.0 Å². The van der Waals surface area contributed by atoms with E-state index in [0.29, 0.717) is 69.9 Å². The monoisotopic (exact) mass is 990 g/mol. The molecule has 5 rings (SSSR count). The third-order valence-corrected chi connectivity index (χ3v) is 12.8. The van der Waals surface area contributed by atoms with E-state index in [1.54, 1.807) is 43.1 Å². The fourth-order valence-electron chi connectivity index (χ4n) is 8.19. The van der Waals surface area contributed by atoms with Crippen LogP contribution in [0, 0.1) is 11.8 Å². The van der Waals surface area contributed by atoms with Crippen LogP contribution in [0.1, 0.15) is 44.4 Å². The van der Waals surface area contributed by atoms with Gasteiger partial charge in [0.1, 0.15) is 24.4 Å². The Bertz CT molecular complexity index is 2090. The van der Waals surface area contributed by atoms with Gasteiger partial charge in [0.25, 0.3) is 5.91 Å². The molecule has 0 unspecified atom stereocenters. The number of amides is 6. The van der Waals surface area contributed by atoms with Gasteiger partial charge < -0.3 is 54.5 Å². The van der Waals surface area contributed by atoms with Crippen LogP contribution < -0.4 is 35.6 Å². The van der Waals surface area contributed by atoms with E-state index in [2.05, 4.69) is 31.2 Å². The summed E-state index contributed by atoms with van der Waals surface area (Å²) in [6.45, 7) is 15.8. The van der Waals surface area contributed by atoms with Gasteiger partial charge in [0.2, 0.25) is 5.91 Å². The van der Waals surface area contributed by atoms with Gasteiger partial charge in [-0.15, -0.1) is 0 Å². The number of rotatable bonds is 26. The first-order valence-corrected chi connectivity index (χ1v) is 24.8. The first kappa shape index (κ1) is 56.2. The molecule has 2 heterocycles. The third-order valence-electron chi connectivity index (χ3n) is 12.8. The van der Waals surface area contributed by atoms with E-state index in [0.717, 1.165) is 42.9 Å². The third kappa shape index (κ3) is 18.5. The Balaban J connectivity index is 1.33. The van der Waals surface area contributed by atoms with Crippen LogP contribution in [-0.2, 0) is 38.6 Å². The predicted octanol–water partition coefficient (Wildman–Crippen LogP) is 3.20. The zero-order chi connectivity index (χ0) is 51.3. The van der Waals surface area contributed by atoms with Gasteiger partial charge in [0.15, 0.2) is 11.5 Å². The van der Waals surface area contributed by atoms with Crippen LogP contribution in [0.15, 0.2) is 72.8 Å². The number of benzene rings is 3. The Kier molecular flexibility index (Phi) is 22.9. The first-order valence-electron chi connectivity index (χ1n) is 24.8. The van der Waals surface area contributed by atoms with Gasteiger partial charge in [-0.3, -0.25) is 24.8 Å². The number of morpholine rings is 2. The Morgan fingerprint density at radius 3 is 1.70 bits per heavy atom. The van der Waals surface area contributed by atoms with Crippen LogP contribution in [0.4, 0.5) is 9.59 Å². The second-order valence-corrected chi connectivity index (χ2v) is 18.9. The summed E-state index contributed by atoms with van der Waals surface area (Å²) in [5.41, 5.74) is 5.55. The van der Waals surface area contributed by atoms with Gasteiger partial charge in [0.05, 0.1) is 52.8 Å². The molecule has 5 N–H and O–H groups in total. The van der Waals surface area contributed by atoms with E-state index in [9.17, 15) is 24.3 Å². The quantitative estimate of drug-likeness (QED) is 0.0737. The highest BCUT2D eigenvalue weighted by atomic mass is 16.5. The van der Waals surface area contributed by atoms with Gasteiger partial charge in [-0.1, -0.05) is 76.2 Å². The van der Waals surface area contributed by atoms with Gasteiger partial charge in [0, 0.05) is 79.5 Å². The van der Waals surface area contributed by atoms with Crippen LogP contribution in [0.25, 0.3) is 0 Å². The molecule has 4 atom stereocenters. The molecule has 3 aromatic carbocycles. The number of carbonyl (C=O) groups is 4. The molecule has 2 aliphatic heterocycles. The number of nitrogens with one attached hydrogen (secondary N) is 4. The zero-order valence-corrected chi connectivity index (χ0v) is 43.1. The van der Waals surface area contributed by atoms with Gasteiger partial charge in [-0.2, -0.15) is 0 Å². The maximum atomic E-state index is 14.3. The lowest BCUT2D eigenvalue weighted by Crippen LogP contribution is -2.60. The van der Waals surface area contributed by atoms with E-state index in [1.807, 2.05) is 100 Å². The summed E-state index contributed by atoms with van der Waals surface area (Å²) < 4.78 is 27.8. The summed E-state index contributed by atoms with van der Waals surface area (Å²) in [5.74, 6) is 0.318. The molecule has 19 heteroatoms. The smallest absolute Gasteiger partial charge is 0.317 e. The van der Waals surface area contributed by atoms with Crippen molar-refractivity contribution in [3.8, 4) is 17.2 Å². The number of carbonyl (C=O) groups excluding carboxylic acids is 4. The summed E-state index contributed by atoms with van der Waals surface area (Å²) in [6.07, 6.45) is -0.983. The first-order chi connectivity index (χ1) is 34.1. The van der Waals surface area contributed by atoms with E-state index >= 15 is 0 Å². The van der Waals surface area contributed by atoms with E-state index in [1.165, 1.54) is 0 Å². The normalized spacial score (nSPS) is 16.1. The Morgan fingerprint density at radius 1 is 0.662 bits per heavy atom. The molecule has 3 aromatic rings. The number of nitrogens with zero attached hydrogens (tertiary/aromatic N) is 5. The van der Waals surface area contributed by atoms with Gasteiger partial charge in [-0.25, -0.2) is 14.6 Å². The number of aliphatic hydroxyl groups excluding tert-OH is 1. The second-order valence-electron chi connectivity index (χ2n) is 18.9. The number of hydrogen-bond acceptors (Lipinski definition) is 13. The Morgan fingerprint density at radius 2 is 1.18 bits per heavy atom. The molecule has 0 spiro atoms. The minimum Gasteiger partial charge on any atom is -0.493 e. The van der Waals surface area contributed by atoms with E-state index in [-0.39, 0.29) is 50.0 Å². The molecule has 19 nitrogen and oxygen atoms in total. The van der Waals surface area contributed by atoms with Crippen LogP contribution in [-0.4, -0.2) is 191 Å². The van der Waals surface area contributed by atoms with Crippen LogP contribution in [0.3, 0.4) is 0 Å². The summed E-state index contributed by atoms with van der Waals surface area (Å²) in [5, 5.41) is 22.8. The highest BCUT2D eigenvalue weighted by molar-refractivity contribution is 5.88. The molecule has 0 radical (unpaired) electrons. The number of ether oxygens (including phenoxy) is 5. The minimum atomic E-state index is -1.23. The molecule has 2 fully saturated rings. The fourth-order valence-corrected chi connectivity index (χ4v) is 8.19. The molecular weight excluding hydrogens is 911 g/mol. The lowest BCUT2D eigenvalue weighted by atomic mass is 9.98. The van der Waals surface area contributed by atoms with Crippen molar-refractivity contribution >= 4 is 23.9 Å². The number of methoxy groups -OCH3 is 2. The molecular formula is C52H79N9O10. The largest absolute Gasteiger partial charge is 0.493 e. The molecule has 0 aromatic heterocycles. The van der Waals surface area contributed by atoms with Crippen molar-refractivity contribution in [2.24, 2.45) is 11.8 Å². The number of hydrazine groups is 1. The topological polar surface area (TPSA) is 199 Å². The number of hydrogen-bond donors (Lipinski definition) is 5. The Hall–Kier alpha value is -5.70. The minimum absolute atomic E-state index is 0.123. The van der Waals surface area contributed by atoms with Crippen LogP contribution >= 0.6 is 0 Å². The number of urea groups is 2. The average molecular weight is 990 g/mol. The van der Waals surface area contributed by atoms with Gasteiger partial charge >= 0.3 is 12.1 Å². The molecule has 0 saturated carbocycles. The van der Waals surface area contributed by atoms with Gasteiger partial charge in [-0.05, 0) is 59.2 Å². The van der Waals surface area contributed by atoms with Crippen LogP contribution in [0.5, 0.6) is 17.2 Å². The maximum absolute atomic E-state index is 14.3. The average Bonchev–Trinajstić information content (AvgIpc) is 3.37. The second kappa shape index (κ2) is 29.0. The lowest BCUT2D eigenvalue weighted by molar-refractivity contribution is -0.131. The van der Waals surface area contributed by atoms with Crippen molar-refractivity contribution in [1.82, 2.24) is 46.0 Å². The predicted molar refractivity (Wildman–Crippen MR) is 271 cm³/mol. The molecule has 71 heavy (non-hydrogen) atoms. The highest BCUT2D eigenvalue weighted by Gasteiger charge is 2.33. The Labute approximate surface area is 420 Å². The highest BCUT2D eigenvalue weighted by Crippen LogP contribution is 2.28. The number of aliphatic hydroxyl groups is 1. The molecule has 6 amide bonds. The molecule has 2 aliphatic rings. The SMILES string of the molecule is COc1ccc(COc2ccc(CN(C[C@H](O)[C@H](Cc3ccccc3)NC(=O)[C@@H](NC(=O)N(C)CCN3CCOCC3)C(C)C)NC(=O)[C@@H](NC(=O)N(C)CCN3CCOCC3)C(C)C)cc2)cc1OC. The summed E-state index contributed by atoms with van der Waals surface area (Å²) in [6, 6.07) is 19.0. The van der Waals surface area contributed by atoms with Crippen LogP contribution in [0.2, 0.25) is 0 Å². The molecule has 0 aliphatic carbocycles. The molecule has 2 saturated heterocycles. The maximum Gasteiger partial charge on any atom is 0.317 e. The zero-order valence-electron chi connectivity index (χ0n) is 43.1. The van der Waals surface area contributed by atoms with Crippen molar-refractivity contribution in [1.29, 1.82) is 0 Å². The summed E-state index contributed by atoms with van der Waals surface area (Å²) >= 11 is 0. The van der Waals surface area contributed by atoms with Crippen molar-refractivity contribution in [2.75, 3.05) is 114 Å².